The van der Waals surface area contributed by atoms with Crippen molar-refractivity contribution >= 4 is 17.5 Å². The Morgan fingerprint density at radius 3 is 2.43 bits per heavy atom. The van der Waals surface area contributed by atoms with Crippen molar-refractivity contribution in [1.82, 2.24) is 20.4 Å². The first-order valence-electron chi connectivity index (χ1n) is 12.4. The molecule has 188 valence electrons. The van der Waals surface area contributed by atoms with Crippen molar-refractivity contribution in [2.24, 2.45) is 11.7 Å². The van der Waals surface area contributed by atoms with E-state index in [9.17, 15) is 0 Å². The van der Waals surface area contributed by atoms with E-state index in [4.69, 9.17) is 15.2 Å². The van der Waals surface area contributed by atoms with Gasteiger partial charge >= 0.3 is 0 Å². The zero-order valence-electron chi connectivity index (χ0n) is 20.9. The summed E-state index contributed by atoms with van der Waals surface area (Å²) in [5, 5.41) is 14.2. The Morgan fingerprint density at radius 2 is 1.73 bits per heavy atom. The van der Waals surface area contributed by atoms with Crippen LogP contribution in [-0.2, 0) is 6.54 Å². The molecule has 9 nitrogen and oxygen atoms in total. The van der Waals surface area contributed by atoms with E-state index in [2.05, 4.69) is 55.3 Å². The number of nitrogens with one attached hydrogen (secondary N) is 3. The van der Waals surface area contributed by atoms with Crippen LogP contribution in [-0.4, -0.2) is 35.0 Å². The van der Waals surface area contributed by atoms with Gasteiger partial charge in [-0.05, 0) is 37.0 Å². The Morgan fingerprint density at radius 1 is 1.00 bits per heavy atom. The van der Waals surface area contributed by atoms with Crippen LogP contribution in [0.25, 0.3) is 22.5 Å². The van der Waals surface area contributed by atoms with Crippen molar-refractivity contribution in [3.8, 4) is 22.5 Å². The lowest BCUT2D eigenvalue weighted by Crippen LogP contribution is -2.64. The van der Waals surface area contributed by atoms with Crippen LogP contribution >= 0.6 is 0 Å². The standard InChI is InChI=1S/C28H30N8O/c1-36(2)21-12-10-19(11-13-21)23-15-26(34-28(29)16-25(33-28)20-8-9-20)32-27(31-23)30-17-22-14-24(35-37-22)18-6-4-3-5-7-18/h3-7,10-16,20,33H,8-9,17,29H2,1-2H3,(H2,30,31,32,34)/t28-/m1/s1. The number of aromatic nitrogens is 3. The Hall–Kier alpha value is -4.37. The summed E-state index contributed by atoms with van der Waals surface area (Å²) >= 11 is 0. The molecule has 5 N–H and O–H groups in total. The van der Waals surface area contributed by atoms with Gasteiger partial charge in [0, 0.05) is 48.7 Å². The molecule has 0 amide bonds. The van der Waals surface area contributed by atoms with E-state index in [1.54, 1.807) is 0 Å². The summed E-state index contributed by atoms with van der Waals surface area (Å²) in [6.45, 7) is 0.389. The second-order valence-corrected chi connectivity index (χ2v) is 9.79. The highest BCUT2D eigenvalue weighted by molar-refractivity contribution is 5.67. The average molecular weight is 495 g/mol. The average Bonchev–Trinajstić information content (AvgIpc) is 3.63. The SMILES string of the molecule is CN(C)c1ccc(-c2cc(N[C@@]3(N)C=C(C4CC4)N3)nc(NCc3cc(-c4ccccc4)no3)n2)cc1. The molecule has 0 spiro atoms. The van der Waals surface area contributed by atoms with E-state index < -0.39 is 5.79 Å². The topological polar surface area (TPSA) is 117 Å². The fraction of sp³-hybridized carbons (Fsp3) is 0.250. The summed E-state index contributed by atoms with van der Waals surface area (Å²) in [6.07, 6.45) is 4.49. The second-order valence-electron chi connectivity index (χ2n) is 9.79. The maximum Gasteiger partial charge on any atom is 0.225 e. The summed E-state index contributed by atoms with van der Waals surface area (Å²) < 4.78 is 5.54. The number of allylic oxidation sites excluding steroid dienone is 1. The van der Waals surface area contributed by atoms with Gasteiger partial charge in [0.05, 0.1) is 12.2 Å². The van der Waals surface area contributed by atoms with Crippen LogP contribution in [0.4, 0.5) is 17.5 Å². The van der Waals surface area contributed by atoms with Gasteiger partial charge < -0.3 is 25.4 Å². The van der Waals surface area contributed by atoms with Crippen molar-refractivity contribution in [2.45, 2.75) is 25.2 Å². The van der Waals surface area contributed by atoms with Gasteiger partial charge in [0.1, 0.15) is 11.5 Å². The molecule has 4 aromatic rings. The number of benzene rings is 2. The lowest BCUT2D eigenvalue weighted by molar-refractivity contribution is 0.390. The monoisotopic (exact) mass is 494 g/mol. The molecule has 2 aromatic carbocycles. The number of rotatable bonds is 9. The number of anilines is 3. The first-order valence-corrected chi connectivity index (χ1v) is 12.4. The van der Waals surface area contributed by atoms with Crippen molar-refractivity contribution in [2.75, 3.05) is 29.6 Å². The molecule has 0 radical (unpaired) electrons. The summed E-state index contributed by atoms with van der Waals surface area (Å²) in [5.74, 6) is 1.56. The predicted octanol–water partition coefficient (Wildman–Crippen LogP) is 4.40. The predicted molar refractivity (Wildman–Crippen MR) is 146 cm³/mol. The minimum absolute atomic E-state index is 0.389. The molecule has 2 aliphatic rings. The second kappa shape index (κ2) is 9.25. The van der Waals surface area contributed by atoms with Crippen molar-refractivity contribution in [3.05, 3.63) is 84.3 Å². The van der Waals surface area contributed by atoms with Gasteiger partial charge in [-0.2, -0.15) is 4.98 Å². The third-order valence-corrected chi connectivity index (χ3v) is 6.54. The Balaban J connectivity index is 1.24. The highest BCUT2D eigenvalue weighted by Crippen LogP contribution is 2.39. The Bertz CT molecular complexity index is 1430. The molecule has 1 fully saturated rings. The van der Waals surface area contributed by atoms with Crippen LogP contribution in [0.2, 0.25) is 0 Å². The number of nitrogens with zero attached hydrogens (tertiary/aromatic N) is 4. The van der Waals surface area contributed by atoms with Crippen LogP contribution in [0.1, 0.15) is 18.6 Å². The molecule has 3 heterocycles. The van der Waals surface area contributed by atoms with Gasteiger partial charge in [0.15, 0.2) is 11.5 Å². The highest BCUT2D eigenvalue weighted by Gasteiger charge is 2.39. The molecule has 9 heteroatoms. The zero-order valence-corrected chi connectivity index (χ0v) is 20.9. The lowest BCUT2D eigenvalue weighted by atomic mass is 10.1. The van der Waals surface area contributed by atoms with Crippen molar-refractivity contribution in [1.29, 1.82) is 0 Å². The minimum atomic E-state index is -0.828. The summed E-state index contributed by atoms with van der Waals surface area (Å²) in [4.78, 5) is 11.5. The zero-order chi connectivity index (χ0) is 25.4. The molecule has 0 unspecified atom stereocenters. The Kier molecular flexibility index (Phi) is 5.77. The fourth-order valence-corrected chi connectivity index (χ4v) is 4.35. The largest absolute Gasteiger partial charge is 0.378 e. The first kappa shape index (κ1) is 23.1. The van der Waals surface area contributed by atoms with E-state index in [0.29, 0.717) is 30.0 Å². The molecular weight excluding hydrogens is 464 g/mol. The third-order valence-electron chi connectivity index (χ3n) is 6.54. The molecule has 2 aromatic heterocycles. The van der Waals surface area contributed by atoms with Gasteiger partial charge in [0.25, 0.3) is 0 Å². The van der Waals surface area contributed by atoms with Gasteiger partial charge in [-0.25, -0.2) is 4.98 Å². The van der Waals surface area contributed by atoms with Gasteiger partial charge in [-0.15, -0.1) is 0 Å². The molecule has 0 bridgehead atoms. The van der Waals surface area contributed by atoms with Crippen molar-refractivity contribution < 1.29 is 4.52 Å². The summed E-state index contributed by atoms with van der Waals surface area (Å²) in [5.41, 5.74) is 12.4. The van der Waals surface area contributed by atoms with Crippen LogP contribution in [0.3, 0.4) is 0 Å². The van der Waals surface area contributed by atoms with Gasteiger partial charge in [0.2, 0.25) is 5.95 Å². The first-order chi connectivity index (χ1) is 17.9. The normalized spacial score (nSPS) is 18.4. The van der Waals surface area contributed by atoms with Gasteiger partial charge in [-0.3, -0.25) is 5.73 Å². The molecule has 1 saturated carbocycles. The number of nitrogens with two attached hydrogens (primary N) is 1. The molecule has 37 heavy (non-hydrogen) atoms. The van der Waals surface area contributed by atoms with E-state index >= 15 is 0 Å². The van der Waals surface area contributed by atoms with E-state index in [1.807, 2.05) is 62.6 Å². The smallest absolute Gasteiger partial charge is 0.225 e. The minimum Gasteiger partial charge on any atom is -0.378 e. The van der Waals surface area contributed by atoms with Crippen LogP contribution < -0.4 is 26.6 Å². The third kappa shape index (κ3) is 5.12. The van der Waals surface area contributed by atoms with Crippen LogP contribution in [0.15, 0.2) is 83.0 Å². The van der Waals surface area contributed by atoms with E-state index in [0.717, 1.165) is 28.2 Å². The Labute approximate surface area is 215 Å². The quantitative estimate of drug-likeness (QED) is 0.251. The maximum atomic E-state index is 6.50. The molecule has 6 rings (SSSR count). The lowest BCUT2D eigenvalue weighted by Gasteiger charge is -2.39. The summed E-state index contributed by atoms with van der Waals surface area (Å²) in [6, 6.07) is 22.0. The maximum absolute atomic E-state index is 6.50. The summed E-state index contributed by atoms with van der Waals surface area (Å²) in [7, 11) is 4.04. The van der Waals surface area contributed by atoms with Gasteiger partial charge in [-0.1, -0.05) is 47.6 Å². The fourth-order valence-electron chi connectivity index (χ4n) is 4.35. The molecule has 1 aliphatic carbocycles. The van der Waals surface area contributed by atoms with Crippen molar-refractivity contribution in [3.63, 3.8) is 0 Å². The number of hydrogen-bond donors (Lipinski definition) is 4. The molecule has 1 aliphatic heterocycles. The molecular formula is C28H30N8O. The van der Waals surface area contributed by atoms with Crippen LogP contribution in [0, 0.1) is 5.92 Å². The molecule has 1 atom stereocenters. The molecule has 0 saturated heterocycles. The van der Waals surface area contributed by atoms with E-state index in [-0.39, 0.29) is 0 Å². The highest BCUT2D eigenvalue weighted by atomic mass is 16.5. The van der Waals surface area contributed by atoms with Crippen LogP contribution in [0.5, 0.6) is 0 Å². The van der Waals surface area contributed by atoms with E-state index in [1.165, 1.54) is 18.5 Å². The number of hydrogen-bond acceptors (Lipinski definition) is 9.